The maximum Gasteiger partial charge on any atom is 0.269 e. The zero-order chi connectivity index (χ0) is 9.26. The summed E-state index contributed by atoms with van der Waals surface area (Å²) in [5, 5.41) is 1.91. The van der Waals surface area contributed by atoms with E-state index in [2.05, 4.69) is 4.99 Å². The predicted octanol–water partition coefficient (Wildman–Crippen LogP) is 1.62. The van der Waals surface area contributed by atoms with Gasteiger partial charge in [-0.2, -0.15) is 0 Å². The van der Waals surface area contributed by atoms with E-state index in [0.717, 1.165) is 23.8 Å². The van der Waals surface area contributed by atoms with Gasteiger partial charge in [-0.25, -0.2) is 0 Å². The lowest BCUT2D eigenvalue weighted by Gasteiger charge is -2.14. The van der Waals surface area contributed by atoms with Gasteiger partial charge in [-0.1, -0.05) is 6.07 Å². The van der Waals surface area contributed by atoms with Gasteiger partial charge in [0.2, 0.25) is 0 Å². The van der Waals surface area contributed by atoms with E-state index in [-0.39, 0.29) is 5.91 Å². The highest BCUT2D eigenvalue weighted by molar-refractivity contribution is 7.12. The van der Waals surface area contributed by atoms with E-state index in [1.165, 1.54) is 11.3 Å². The summed E-state index contributed by atoms with van der Waals surface area (Å²) >= 11 is 1.47. The number of carbonyl (C=O) groups is 1. The number of hydrogen-bond acceptors (Lipinski definition) is 3. The zero-order valence-corrected chi connectivity index (χ0v) is 8.17. The van der Waals surface area contributed by atoms with Crippen LogP contribution in [-0.2, 0) is 0 Å². The van der Waals surface area contributed by atoms with E-state index in [9.17, 15) is 4.79 Å². The monoisotopic (exact) mass is 194 g/mol. The van der Waals surface area contributed by atoms with Crippen molar-refractivity contribution in [3.8, 4) is 0 Å². The molecule has 68 valence electrons. The summed E-state index contributed by atoms with van der Waals surface area (Å²) in [6.07, 6.45) is 0. The predicted molar refractivity (Wildman–Crippen MR) is 53.3 cm³/mol. The molecule has 0 atom stereocenters. The SMILES string of the molecule is CC1=NCCN1C(=O)c1cccs1. The van der Waals surface area contributed by atoms with Crippen molar-refractivity contribution in [3.63, 3.8) is 0 Å². The van der Waals surface area contributed by atoms with Crippen LogP contribution in [0.3, 0.4) is 0 Å². The largest absolute Gasteiger partial charge is 0.294 e. The van der Waals surface area contributed by atoms with E-state index in [0.29, 0.717) is 0 Å². The molecular weight excluding hydrogens is 184 g/mol. The van der Waals surface area contributed by atoms with Crippen LogP contribution in [0.5, 0.6) is 0 Å². The molecule has 0 aromatic carbocycles. The average Bonchev–Trinajstić information content (AvgIpc) is 2.72. The number of carbonyl (C=O) groups excluding carboxylic acids is 1. The zero-order valence-electron chi connectivity index (χ0n) is 7.36. The summed E-state index contributed by atoms with van der Waals surface area (Å²) < 4.78 is 0. The first kappa shape index (κ1) is 8.44. The minimum Gasteiger partial charge on any atom is -0.294 e. The summed E-state index contributed by atoms with van der Waals surface area (Å²) in [5.41, 5.74) is 0. The van der Waals surface area contributed by atoms with Gasteiger partial charge in [0.05, 0.1) is 11.4 Å². The van der Waals surface area contributed by atoms with Gasteiger partial charge in [0.1, 0.15) is 5.84 Å². The first-order valence-electron chi connectivity index (χ1n) is 4.15. The molecule has 2 heterocycles. The van der Waals surface area contributed by atoms with Crippen molar-refractivity contribution in [2.75, 3.05) is 13.1 Å². The third kappa shape index (κ3) is 1.49. The number of amidine groups is 1. The van der Waals surface area contributed by atoms with Gasteiger partial charge in [0.15, 0.2) is 0 Å². The second-order valence-electron chi connectivity index (χ2n) is 2.86. The number of thiophene rings is 1. The van der Waals surface area contributed by atoms with Crippen molar-refractivity contribution in [1.82, 2.24) is 4.90 Å². The Hall–Kier alpha value is -1.16. The molecule has 1 aliphatic rings. The maximum absolute atomic E-state index is 11.8. The normalized spacial score (nSPS) is 16.1. The first-order chi connectivity index (χ1) is 6.29. The summed E-state index contributed by atoms with van der Waals surface area (Å²) in [4.78, 5) is 18.5. The summed E-state index contributed by atoms with van der Waals surface area (Å²) in [6, 6.07) is 3.74. The molecule has 0 radical (unpaired) electrons. The van der Waals surface area contributed by atoms with E-state index < -0.39 is 0 Å². The van der Waals surface area contributed by atoms with E-state index in [1.807, 2.05) is 24.4 Å². The minimum absolute atomic E-state index is 0.0775. The Morgan fingerprint density at radius 2 is 2.54 bits per heavy atom. The Morgan fingerprint density at radius 3 is 3.08 bits per heavy atom. The summed E-state index contributed by atoms with van der Waals surface area (Å²) in [7, 11) is 0. The van der Waals surface area contributed by atoms with Gasteiger partial charge in [-0.15, -0.1) is 11.3 Å². The fourth-order valence-electron chi connectivity index (χ4n) is 1.34. The second-order valence-corrected chi connectivity index (χ2v) is 3.81. The lowest BCUT2D eigenvalue weighted by atomic mass is 10.4. The summed E-state index contributed by atoms with van der Waals surface area (Å²) in [6.45, 7) is 3.34. The smallest absolute Gasteiger partial charge is 0.269 e. The van der Waals surface area contributed by atoms with Crippen LogP contribution < -0.4 is 0 Å². The van der Waals surface area contributed by atoms with Gasteiger partial charge in [0.25, 0.3) is 5.91 Å². The number of nitrogens with zero attached hydrogens (tertiary/aromatic N) is 2. The van der Waals surface area contributed by atoms with Gasteiger partial charge in [-0.05, 0) is 18.4 Å². The van der Waals surface area contributed by atoms with Crippen molar-refractivity contribution >= 4 is 23.1 Å². The Kier molecular flexibility index (Phi) is 2.14. The highest BCUT2D eigenvalue weighted by Gasteiger charge is 2.21. The molecule has 1 aromatic rings. The molecule has 0 saturated heterocycles. The van der Waals surface area contributed by atoms with Crippen LogP contribution in [0.15, 0.2) is 22.5 Å². The van der Waals surface area contributed by atoms with Crippen LogP contribution >= 0.6 is 11.3 Å². The number of rotatable bonds is 1. The van der Waals surface area contributed by atoms with E-state index in [4.69, 9.17) is 0 Å². The van der Waals surface area contributed by atoms with Crippen LogP contribution in [-0.4, -0.2) is 29.7 Å². The van der Waals surface area contributed by atoms with Crippen molar-refractivity contribution in [1.29, 1.82) is 0 Å². The molecule has 0 unspecified atom stereocenters. The van der Waals surface area contributed by atoms with Crippen LogP contribution in [0.25, 0.3) is 0 Å². The number of aliphatic imine (C=N–C) groups is 1. The molecule has 4 heteroatoms. The van der Waals surface area contributed by atoms with Crippen LogP contribution in [0.2, 0.25) is 0 Å². The first-order valence-corrected chi connectivity index (χ1v) is 5.03. The molecule has 1 aliphatic heterocycles. The van der Waals surface area contributed by atoms with Crippen molar-refractivity contribution in [2.24, 2.45) is 4.99 Å². The summed E-state index contributed by atoms with van der Waals surface area (Å²) in [5.74, 6) is 0.909. The lowest BCUT2D eigenvalue weighted by Crippen LogP contribution is -2.32. The van der Waals surface area contributed by atoms with E-state index in [1.54, 1.807) is 4.90 Å². The van der Waals surface area contributed by atoms with Gasteiger partial charge < -0.3 is 0 Å². The molecule has 0 N–H and O–H groups in total. The molecule has 3 nitrogen and oxygen atoms in total. The third-order valence-corrected chi connectivity index (χ3v) is 2.89. The third-order valence-electron chi connectivity index (χ3n) is 2.03. The quantitative estimate of drug-likeness (QED) is 0.668. The number of hydrogen-bond donors (Lipinski definition) is 0. The molecule has 2 rings (SSSR count). The molecule has 1 aromatic heterocycles. The Balaban J connectivity index is 2.19. The molecular formula is C9H10N2OS. The minimum atomic E-state index is 0.0775. The van der Waals surface area contributed by atoms with Crippen LogP contribution in [0, 0.1) is 0 Å². The maximum atomic E-state index is 11.8. The number of amides is 1. The fourth-order valence-corrected chi connectivity index (χ4v) is 2.01. The Labute approximate surface area is 80.7 Å². The van der Waals surface area contributed by atoms with Crippen molar-refractivity contribution < 1.29 is 4.79 Å². The molecule has 0 aliphatic carbocycles. The average molecular weight is 194 g/mol. The van der Waals surface area contributed by atoms with Gasteiger partial charge in [-0.3, -0.25) is 14.7 Å². The highest BCUT2D eigenvalue weighted by atomic mass is 32.1. The lowest BCUT2D eigenvalue weighted by molar-refractivity contribution is 0.0862. The van der Waals surface area contributed by atoms with Crippen molar-refractivity contribution in [2.45, 2.75) is 6.92 Å². The standard InChI is InChI=1S/C9H10N2OS/c1-7-10-4-5-11(7)9(12)8-3-2-6-13-8/h2-3,6H,4-5H2,1H3. The highest BCUT2D eigenvalue weighted by Crippen LogP contribution is 2.14. The van der Waals surface area contributed by atoms with Gasteiger partial charge >= 0.3 is 0 Å². The van der Waals surface area contributed by atoms with Crippen molar-refractivity contribution in [3.05, 3.63) is 22.4 Å². The molecule has 1 amide bonds. The Morgan fingerprint density at radius 1 is 1.69 bits per heavy atom. The molecule has 13 heavy (non-hydrogen) atoms. The van der Waals surface area contributed by atoms with Crippen LogP contribution in [0.4, 0.5) is 0 Å². The molecule has 0 bridgehead atoms. The molecule has 0 fully saturated rings. The molecule has 0 saturated carbocycles. The molecule has 0 spiro atoms. The topological polar surface area (TPSA) is 32.7 Å². The Bertz CT molecular complexity index is 343. The van der Waals surface area contributed by atoms with Gasteiger partial charge in [0, 0.05) is 6.54 Å². The fraction of sp³-hybridized carbons (Fsp3) is 0.333. The van der Waals surface area contributed by atoms with Crippen LogP contribution in [0.1, 0.15) is 16.6 Å². The van der Waals surface area contributed by atoms with E-state index >= 15 is 0 Å². The second kappa shape index (κ2) is 3.30.